The van der Waals surface area contributed by atoms with E-state index >= 15 is 0 Å². The first kappa shape index (κ1) is 28.1. The van der Waals surface area contributed by atoms with Crippen LogP contribution in [-0.2, 0) is 19.6 Å². The van der Waals surface area contributed by atoms with Crippen LogP contribution in [0.3, 0.4) is 0 Å². The Bertz CT molecular complexity index is 1440. The molecule has 1 aromatic carbocycles. The second-order valence-corrected chi connectivity index (χ2v) is 11.7. The van der Waals surface area contributed by atoms with Crippen LogP contribution in [-0.4, -0.2) is 44.6 Å². The largest absolute Gasteiger partial charge is 0.466 e. The molecule has 204 valence electrons. The van der Waals surface area contributed by atoms with Crippen molar-refractivity contribution < 1.29 is 31.1 Å². The zero-order chi connectivity index (χ0) is 27.8. The van der Waals surface area contributed by atoms with Crippen LogP contribution in [0.5, 0.6) is 0 Å². The number of nitrogens with one attached hydrogen (secondary N) is 2. The number of aromatic nitrogens is 1. The minimum absolute atomic E-state index is 0.0170. The first-order valence-electron chi connectivity index (χ1n) is 11.8. The second-order valence-electron chi connectivity index (χ2n) is 9.15. The second kappa shape index (κ2) is 11.0. The first-order chi connectivity index (χ1) is 18.0. The molecule has 2 aliphatic rings. The summed E-state index contributed by atoms with van der Waals surface area (Å²) in [5.74, 6) is -4.41. The molecule has 1 aliphatic carbocycles. The number of rotatable bonds is 6. The number of hydrogen-bond donors (Lipinski definition) is 2. The van der Waals surface area contributed by atoms with Gasteiger partial charge in [-0.25, -0.2) is 36.1 Å². The number of nitrogens with zero attached hydrogens (tertiary/aromatic N) is 2. The van der Waals surface area contributed by atoms with E-state index < -0.39 is 49.8 Å². The van der Waals surface area contributed by atoms with Gasteiger partial charge in [0.25, 0.3) is 0 Å². The van der Waals surface area contributed by atoms with Gasteiger partial charge in [0.15, 0.2) is 23.3 Å². The number of halogens is 4. The van der Waals surface area contributed by atoms with Gasteiger partial charge in [0.1, 0.15) is 11.7 Å². The minimum Gasteiger partial charge on any atom is -0.466 e. The van der Waals surface area contributed by atoms with E-state index in [1.54, 1.807) is 6.92 Å². The van der Waals surface area contributed by atoms with E-state index in [0.29, 0.717) is 36.9 Å². The zero-order valence-electron chi connectivity index (χ0n) is 20.8. The number of hydrogen-bond acceptors (Lipinski definition) is 7. The summed E-state index contributed by atoms with van der Waals surface area (Å²) in [7, 11) is -0.986. The summed E-state index contributed by atoms with van der Waals surface area (Å²) in [5, 5.41) is 1.83. The number of benzene rings is 1. The summed E-state index contributed by atoms with van der Waals surface area (Å²) in [6.07, 6.45) is 2.77. The number of carbonyl (C=O) groups excluding carboxylic acids is 1. The van der Waals surface area contributed by atoms with Gasteiger partial charge in [-0.05, 0) is 63.3 Å². The van der Waals surface area contributed by atoms with Crippen molar-refractivity contribution in [3.05, 3.63) is 75.0 Å². The third-order valence-electron chi connectivity index (χ3n) is 6.85. The van der Waals surface area contributed by atoms with Crippen molar-refractivity contribution >= 4 is 33.4 Å². The first-order valence-corrected chi connectivity index (χ1v) is 13.8. The monoisotopic (exact) mass is 570 g/mol. The molecule has 0 amide bonds. The molecule has 0 bridgehead atoms. The predicted octanol–water partition coefficient (Wildman–Crippen LogP) is 4.09. The highest BCUT2D eigenvalue weighted by molar-refractivity contribution is 7.90. The van der Waals surface area contributed by atoms with Crippen LogP contribution >= 0.6 is 11.6 Å². The fourth-order valence-electron chi connectivity index (χ4n) is 4.86. The Morgan fingerprint density at radius 1 is 1.16 bits per heavy atom. The standard InChI is InChI=1S/C25H26ClF3N4O4S/c1-12-10-17(28)23(31-11-12)24-32-21(13-4-6-14(7-5-13)38(35,36)30-2)18(25(34)37-3)22(33-24)15-8-9-16(27)20(29)19(15)26/h8-11,13-14,22,30H,4-7H2,1-3H3,(H,32,33)/t13?,14?,22-/m0/s1. The van der Waals surface area contributed by atoms with Crippen molar-refractivity contribution in [3.63, 3.8) is 0 Å². The van der Waals surface area contributed by atoms with Gasteiger partial charge in [0.05, 0.1) is 23.0 Å². The maximum Gasteiger partial charge on any atom is 0.338 e. The van der Waals surface area contributed by atoms with Crippen molar-refractivity contribution in [1.29, 1.82) is 0 Å². The van der Waals surface area contributed by atoms with E-state index in [-0.39, 0.29) is 28.6 Å². The average Bonchev–Trinajstić information content (AvgIpc) is 2.91. The Kier molecular flexibility index (Phi) is 8.15. The molecular weight excluding hydrogens is 545 g/mol. The van der Waals surface area contributed by atoms with E-state index in [0.717, 1.165) is 13.2 Å². The van der Waals surface area contributed by atoms with Crippen LogP contribution in [0.4, 0.5) is 13.2 Å². The fraction of sp³-hybridized carbons (Fsp3) is 0.400. The van der Waals surface area contributed by atoms with Gasteiger partial charge in [-0.2, -0.15) is 0 Å². The number of pyridine rings is 1. The third kappa shape index (κ3) is 5.29. The fourth-order valence-corrected chi connectivity index (χ4v) is 6.34. The molecule has 1 aliphatic heterocycles. The van der Waals surface area contributed by atoms with Gasteiger partial charge in [-0.1, -0.05) is 17.7 Å². The number of ether oxygens (including phenoxy) is 1. The van der Waals surface area contributed by atoms with Crippen LogP contribution in [0.25, 0.3) is 0 Å². The van der Waals surface area contributed by atoms with Crippen LogP contribution in [0, 0.1) is 30.3 Å². The van der Waals surface area contributed by atoms with E-state index in [1.807, 2.05) is 0 Å². The molecule has 0 spiro atoms. The van der Waals surface area contributed by atoms with Gasteiger partial charge in [0.2, 0.25) is 10.0 Å². The molecule has 2 heterocycles. The maximum absolute atomic E-state index is 15.0. The zero-order valence-corrected chi connectivity index (χ0v) is 22.4. The van der Waals surface area contributed by atoms with Gasteiger partial charge in [0, 0.05) is 17.5 Å². The summed E-state index contributed by atoms with van der Waals surface area (Å²) in [4.78, 5) is 21.7. The quantitative estimate of drug-likeness (QED) is 0.400. The lowest BCUT2D eigenvalue weighted by molar-refractivity contribution is -0.136. The number of carbonyl (C=O) groups is 1. The number of sulfonamides is 1. The smallest absolute Gasteiger partial charge is 0.338 e. The molecule has 0 unspecified atom stereocenters. The summed E-state index contributed by atoms with van der Waals surface area (Å²) in [6, 6.07) is 2.05. The third-order valence-corrected chi connectivity index (χ3v) is 9.15. The summed E-state index contributed by atoms with van der Waals surface area (Å²) >= 11 is 6.17. The molecule has 2 N–H and O–H groups in total. The van der Waals surface area contributed by atoms with Crippen molar-refractivity contribution in [3.8, 4) is 0 Å². The summed E-state index contributed by atoms with van der Waals surface area (Å²) < 4.78 is 75.4. The van der Waals surface area contributed by atoms with E-state index in [1.165, 1.54) is 25.4 Å². The average molecular weight is 571 g/mol. The van der Waals surface area contributed by atoms with E-state index in [2.05, 4.69) is 20.0 Å². The predicted molar refractivity (Wildman–Crippen MR) is 135 cm³/mol. The van der Waals surface area contributed by atoms with Crippen LogP contribution in [0.2, 0.25) is 5.02 Å². The normalized spacial score (nSPS) is 22.1. The number of amidine groups is 1. The lowest BCUT2D eigenvalue weighted by Crippen LogP contribution is -2.40. The van der Waals surface area contributed by atoms with Crippen LogP contribution in [0.1, 0.15) is 48.5 Å². The Labute approximate surface area is 223 Å². The Morgan fingerprint density at radius 2 is 1.84 bits per heavy atom. The Balaban J connectivity index is 1.87. The van der Waals surface area contributed by atoms with Crippen molar-refractivity contribution in [2.24, 2.45) is 10.9 Å². The molecule has 1 saturated carbocycles. The molecule has 4 rings (SSSR count). The number of esters is 1. The van der Waals surface area contributed by atoms with Gasteiger partial charge in [-0.3, -0.25) is 4.99 Å². The topological polar surface area (TPSA) is 110 Å². The lowest BCUT2D eigenvalue weighted by Gasteiger charge is -2.35. The molecule has 2 aromatic rings. The molecule has 1 atom stereocenters. The van der Waals surface area contributed by atoms with Gasteiger partial charge < -0.3 is 10.1 Å². The SMILES string of the molecule is CNS(=O)(=O)C1CCC(C2=C(C(=O)OC)[C@H](c3ccc(F)c(F)c3Cl)N=C(c3ncc(C)cc3F)N2)CC1. The van der Waals surface area contributed by atoms with Crippen molar-refractivity contribution in [1.82, 2.24) is 15.0 Å². The molecule has 38 heavy (non-hydrogen) atoms. The van der Waals surface area contributed by atoms with Crippen LogP contribution in [0.15, 0.2) is 40.7 Å². The number of aryl methyl sites for hydroxylation is 1. The molecule has 1 fully saturated rings. The highest BCUT2D eigenvalue weighted by Gasteiger charge is 2.40. The molecule has 0 radical (unpaired) electrons. The summed E-state index contributed by atoms with van der Waals surface area (Å²) in [5.41, 5.74) is 0.692. The molecule has 1 aromatic heterocycles. The molecule has 0 saturated heterocycles. The Hall–Kier alpha value is -2.96. The molecule has 8 nitrogen and oxygen atoms in total. The minimum atomic E-state index is -3.50. The number of methoxy groups -OCH3 is 1. The van der Waals surface area contributed by atoms with E-state index in [4.69, 9.17) is 16.3 Å². The Morgan fingerprint density at radius 3 is 2.45 bits per heavy atom. The van der Waals surface area contributed by atoms with Gasteiger partial charge >= 0.3 is 5.97 Å². The van der Waals surface area contributed by atoms with Crippen LogP contribution < -0.4 is 10.0 Å². The number of aliphatic imine (C=N–C) groups is 1. The maximum atomic E-state index is 15.0. The molecule has 13 heteroatoms. The summed E-state index contributed by atoms with van der Waals surface area (Å²) in [6.45, 7) is 1.66. The lowest BCUT2D eigenvalue weighted by atomic mass is 9.82. The highest BCUT2D eigenvalue weighted by atomic mass is 35.5. The van der Waals surface area contributed by atoms with Gasteiger partial charge in [-0.15, -0.1) is 0 Å². The van der Waals surface area contributed by atoms with Crippen molar-refractivity contribution in [2.45, 2.75) is 43.9 Å². The highest BCUT2D eigenvalue weighted by Crippen LogP contribution is 2.42. The van der Waals surface area contributed by atoms with Crippen molar-refractivity contribution in [2.75, 3.05) is 14.2 Å². The number of allylic oxidation sites excluding steroid dienone is 1. The van der Waals surface area contributed by atoms with E-state index in [9.17, 15) is 26.4 Å². The molecular formula is C25H26ClF3N4O4S.